The minimum absolute atomic E-state index is 0.634. The van der Waals surface area contributed by atoms with E-state index in [1.165, 1.54) is 5.56 Å². The summed E-state index contributed by atoms with van der Waals surface area (Å²) < 4.78 is 0. The maximum atomic E-state index is 11.1. The molecule has 1 amide bonds. The quantitative estimate of drug-likeness (QED) is 0.842. The van der Waals surface area contributed by atoms with Crippen LogP contribution in [0.4, 0.5) is 4.79 Å². The van der Waals surface area contributed by atoms with Crippen LogP contribution in [0.5, 0.6) is 0 Å². The lowest BCUT2D eigenvalue weighted by atomic mass is 10.1. The number of carboxylic acid groups (broad SMARTS) is 1. The Morgan fingerprint density at radius 1 is 1.36 bits per heavy atom. The van der Waals surface area contributed by atoms with Gasteiger partial charge in [0.05, 0.1) is 0 Å². The van der Waals surface area contributed by atoms with Gasteiger partial charge in [-0.2, -0.15) is 0 Å². The van der Waals surface area contributed by atoms with Crippen LogP contribution in [0.25, 0.3) is 0 Å². The van der Waals surface area contributed by atoms with Crippen LogP contribution in [-0.2, 0) is 0 Å². The van der Waals surface area contributed by atoms with E-state index in [-0.39, 0.29) is 0 Å². The van der Waals surface area contributed by atoms with Gasteiger partial charge in [0.1, 0.15) is 16.8 Å². The van der Waals surface area contributed by atoms with E-state index in [4.69, 9.17) is 4.99 Å². The Labute approximate surface area is 137 Å². The summed E-state index contributed by atoms with van der Waals surface area (Å²) in [4.78, 5) is 15.8. The summed E-state index contributed by atoms with van der Waals surface area (Å²) in [6, 6.07) is 9.20. The molecule has 120 valence electrons. The van der Waals surface area contributed by atoms with Crippen molar-refractivity contribution in [3.8, 4) is 0 Å². The zero-order chi connectivity index (χ0) is 16.4. The molecule has 1 unspecified atom stereocenters. The Bertz CT molecular complexity index is 581. The van der Waals surface area contributed by atoms with E-state index in [0.29, 0.717) is 5.75 Å². The van der Waals surface area contributed by atoms with Crippen LogP contribution in [0.15, 0.2) is 29.3 Å². The second-order valence-electron chi connectivity index (χ2n) is 7.08. The number of rotatable bonds is 5. The van der Waals surface area contributed by atoms with E-state index in [9.17, 15) is 9.90 Å². The number of aliphatic imine (C=N–C) groups is 1. The minimum Gasteiger partial charge on any atom is -0.530 e. The molecule has 0 bridgehead atoms. The van der Waals surface area contributed by atoms with Gasteiger partial charge in [-0.1, -0.05) is 55.5 Å². The second kappa shape index (κ2) is 6.46. The van der Waals surface area contributed by atoms with Gasteiger partial charge in [-0.25, -0.2) is 4.99 Å². The summed E-state index contributed by atoms with van der Waals surface area (Å²) in [5.74, 6) is 0.634. The Kier molecular flexibility index (Phi) is 5.02. The molecule has 6 heteroatoms. The van der Waals surface area contributed by atoms with E-state index < -0.39 is 19.8 Å². The summed E-state index contributed by atoms with van der Waals surface area (Å²) >= 11 is 1.61. The van der Waals surface area contributed by atoms with Crippen LogP contribution < -0.4 is 10.4 Å². The van der Waals surface area contributed by atoms with Gasteiger partial charge in [0, 0.05) is 19.4 Å². The number of aryl methyl sites for hydroxylation is 1. The zero-order valence-electron chi connectivity index (χ0n) is 13.6. The monoisotopic (exact) mass is 335 g/mol. The zero-order valence-corrected chi connectivity index (χ0v) is 15.4. The van der Waals surface area contributed by atoms with Crippen LogP contribution in [0.1, 0.15) is 17.5 Å². The van der Waals surface area contributed by atoms with Crippen LogP contribution >= 0.6 is 11.8 Å². The van der Waals surface area contributed by atoms with Crippen molar-refractivity contribution < 1.29 is 9.90 Å². The average molecular weight is 336 g/mol. The second-order valence-corrected chi connectivity index (χ2v) is 13.7. The predicted octanol–water partition coefficient (Wildman–Crippen LogP) is 2.85. The number of thioether (sulfide) groups is 1. The average Bonchev–Trinajstić information content (AvgIpc) is 2.80. The first-order chi connectivity index (χ1) is 10.2. The van der Waals surface area contributed by atoms with Crippen molar-refractivity contribution in [2.45, 2.75) is 44.7 Å². The van der Waals surface area contributed by atoms with Crippen molar-refractivity contribution in [1.29, 1.82) is 0 Å². The molecule has 0 fully saturated rings. The Hall–Kier alpha value is -1.27. The maximum Gasteiger partial charge on any atom is 0.141 e. The van der Waals surface area contributed by atoms with Gasteiger partial charge < -0.3 is 15.2 Å². The molecule has 1 aromatic rings. The van der Waals surface area contributed by atoms with Gasteiger partial charge >= 0.3 is 0 Å². The topological polar surface area (TPSA) is 64.5 Å². The third kappa shape index (κ3) is 4.61. The highest BCUT2D eigenvalue weighted by Crippen LogP contribution is 2.34. The molecule has 0 spiro atoms. The summed E-state index contributed by atoms with van der Waals surface area (Å²) in [7, 11) is -1.26. The molecule has 1 aromatic carbocycles. The molecule has 1 atom stereocenters. The van der Waals surface area contributed by atoms with Crippen molar-refractivity contribution in [3.05, 3.63) is 35.4 Å². The maximum absolute atomic E-state index is 11.1. The third-order valence-electron chi connectivity index (χ3n) is 3.69. The number of nitrogens with one attached hydrogen (secondary N) is 1. The van der Waals surface area contributed by atoms with Crippen molar-refractivity contribution in [3.63, 3.8) is 0 Å². The van der Waals surface area contributed by atoms with Crippen LogP contribution in [-0.4, -0.2) is 30.6 Å². The van der Waals surface area contributed by atoms with Gasteiger partial charge in [0.2, 0.25) is 0 Å². The van der Waals surface area contributed by atoms with Crippen LogP contribution in [0, 0.1) is 6.92 Å². The molecule has 1 heterocycles. The van der Waals surface area contributed by atoms with Crippen LogP contribution in [0.2, 0.25) is 25.7 Å². The predicted molar refractivity (Wildman–Crippen MR) is 94.2 cm³/mol. The first-order valence-electron chi connectivity index (χ1n) is 7.48. The normalized spacial score (nSPS) is 21.5. The lowest BCUT2D eigenvalue weighted by Gasteiger charge is -2.30. The number of hydrogen-bond donors (Lipinski definition) is 1. The molecule has 22 heavy (non-hydrogen) atoms. The van der Waals surface area contributed by atoms with Gasteiger partial charge in [0.25, 0.3) is 0 Å². The standard InChI is InChI=1S/C16H24N2O2SSi/c1-12-5-7-13(8-6-12)14-17-16(11-21-14,18-15(19)20)9-10-22(2,3)4/h5-8,18H,9-11H2,1-4H3,(H,19,20)/p-1. The molecule has 0 aliphatic carbocycles. The smallest absolute Gasteiger partial charge is 0.141 e. The molecule has 1 N–H and O–H groups in total. The molecule has 4 nitrogen and oxygen atoms in total. The first-order valence-corrected chi connectivity index (χ1v) is 12.2. The Morgan fingerprint density at radius 3 is 2.55 bits per heavy atom. The lowest BCUT2D eigenvalue weighted by molar-refractivity contribution is -0.252. The molecule has 0 saturated heterocycles. The lowest BCUT2D eigenvalue weighted by Crippen LogP contribution is -2.53. The molecule has 0 saturated carbocycles. The number of hydrogen-bond acceptors (Lipinski definition) is 4. The van der Waals surface area contributed by atoms with Crippen molar-refractivity contribution >= 4 is 31.0 Å². The van der Waals surface area contributed by atoms with Gasteiger partial charge in [-0.15, -0.1) is 11.8 Å². The number of nitrogens with zero attached hydrogens (tertiary/aromatic N) is 1. The summed E-state index contributed by atoms with van der Waals surface area (Å²) in [6.07, 6.45) is -0.510. The highest BCUT2D eigenvalue weighted by atomic mass is 32.2. The third-order valence-corrected chi connectivity index (χ3v) is 6.66. The molecular formula is C16H23N2O2SSi-. The minimum atomic E-state index is -1.26. The van der Waals surface area contributed by atoms with E-state index in [2.05, 4.69) is 25.0 Å². The fourth-order valence-electron chi connectivity index (χ4n) is 2.32. The largest absolute Gasteiger partial charge is 0.530 e. The Balaban J connectivity index is 2.23. The number of carbonyl (C=O) groups excluding carboxylic acids is 1. The number of carbonyl (C=O) groups is 1. The van der Waals surface area contributed by atoms with Gasteiger partial charge in [-0.3, -0.25) is 0 Å². The van der Waals surface area contributed by atoms with Crippen molar-refractivity contribution in [2.24, 2.45) is 4.99 Å². The SMILES string of the molecule is Cc1ccc(C2=NC(CC[Si](C)(C)C)(NC(=O)[O-])CS2)cc1. The molecule has 0 radical (unpaired) electrons. The first kappa shape index (κ1) is 17.1. The van der Waals surface area contributed by atoms with E-state index in [1.54, 1.807) is 11.8 Å². The fraction of sp³-hybridized carbons (Fsp3) is 0.500. The molecular weight excluding hydrogens is 312 g/mol. The van der Waals surface area contributed by atoms with Crippen molar-refractivity contribution in [1.82, 2.24) is 5.32 Å². The molecule has 0 aromatic heterocycles. The van der Waals surface area contributed by atoms with E-state index in [0.717, 1.165) is 23.1 Å². The van der Waals surface area contributed by atoms with Crippen molar-refractivity contribution in [2.75, 3.05) is 5.75 Å². The fourth-order valence-corrected chi connectivity index (χ4v) is 4.68. The number of amides is 1. The summed E-state index contributed by atoms with van der Waals surface area (Å²) in [6.45, 7) is 8.90. The van der Waals surface area contributed by atoms with Gasteiger partial charge in [-0.05, 0) is 13.3 Å². The van der Waals surface area contributed by atoms with Gasteiger partial charge in [0.15, 0.2) is 0 Å². The highest BCUT2D eigenvalue weighted by molar-refractivity contribution is 8.14. The molecule has 2 rings (SSSR count). The molecule has 1 aliphatic rings. The van der Waals surface area contributed by atoms with Crippen LogP contribution in [0.3, 0.4) is 0 Å². The highest BCUT2D eigenvalue weighted by Gasteiger charge is 2.37. The van der Waals surface area contributed by atoms with E-state index >= 15 is 0 Å². The van der Waals surface area contributed by atoms with E-state index in [1.807, 2.05) is 31.2 Å². The molecule has 1 aliphatic heterocycles. The summed E-state index contributed by atoms with van der Waals surface area (Å²) in [5, 5.41) is 14.5. The Morgan fingerprint density at radius 2 is 2.00 bits per heavy atom. The number of benzene rings is 1. The summed E-state index contributed by atoms with van der Waals surface area (Å²) in [5.41, 5.74) is 1.51.